The lowest BCUT2D eigenvalue weighted by molar-refractivity contribution is 1.18. The summed E-state index contributed by atoms with van der Waals surface area (Å²) >= 11 is 0. The second-order valence-electron chi connectivity index (χ2n) is 14.6. The highest BCUT2D eigenvalue weighted by Crippen LogP contribution is 2.39. The molecule has 0 atom stereocenters. The van der Waals surface area contributed by atoms with Gasteiger partial charge in [-0.3, -0.25) is 0 Å². The monoisotopic (exact) mass is 756 g/mol. The van der Waals surface area contributed by atoms with E-state index in [4.69, 9.17) is 16.8 Å². The van der Waals surface area contributed by atoms with E-state index in [0.717, 1.165) is 94.0 Å². The lowest BCUT2D eigenvalue weighted by Gasteiger charge is -2.14. The molecule has 0 amide bonds. The van der Waals surface area contributed by atoms with Gasteiger partial charge < -0.3 is 4.57 Å². The first-order chi connectivity index (χ1) is 31.3. The van der Waals surface area contributed by atoms with Gasteiger partial charge in [0.1, 0.15) is 0 Å². The Balaban J connectivity index is 0.984. The standard InChI is InChI=1S/C56H37N3/c1-4-15-38(16-5-1)42-19-14-20-44(35-42)52-37-53(58-56(57-52)41-17-6-2-7-18-41)49-33-32-46(47-23-10-11-24-48(47)49)40-29-27-39(28-30-40)43-31-34-55-51(36-43)50-25-12-13-26-54(50)59(55)45-21-8-3-9-22-45/h1-37H/i3D,8D,9D,21D,22D. The van der Waals surface area contributed by atoms with Gasteiger partial charge in [-0.25, -0.2) is 9.97 Å². The molecule has 3 nitrogen and oxygen atoms in total. The maximum Gasteiger partial charge on any atom is 0.160 e. The summed E-state index contributed by atoms with van der Waals surface area (Å²) in [6.45, 7) is 0. The summed E-state index contributed by atoms with van der Waals surface area (Å²) in [5, 5.41) is 4.06. The van der Waals surface area contributed by atoms with Crippen molar-refractivity contribution in [3.63, 3.8) is 0 Å². The molecule has 9 aromatic carbocycles. The number of rotatable bonds is 7. The molecule has 11 aromatic rings. The Morgan fingerprint density at radius 1 is 0.339 bits per heavy atom. The SMILES string of the molecule is [2H]c1c([2H])c([2H])c(-n2c3ccccc3c3cc(-c4ccc(-c5ccc(-c6cc(-c7cccc(-c8ccccc8)c7)nc(-c7ccccc7)n6)c6ccccc56)cc4)ccc32)c([2H])c1[2H]. The smallest absolute Gasteiger partial charge is 0.160 e. The first-order valence-electron chi connectivity index (χ1n) is 22.2. The van der Waals surface area contributed by atoms with Crippen LogP contribution in [-0.2, 0) is 0 Å². The quantitative estimate of drug-likeness (QED) is 0.162. The fraction of sp³-hybridized carbons (Fsp3) is 0. The topological polar surface area (TPSA) is 30.7 Å². The van der Waals surface area contributed by atoms with Crippen molar-refractivity contribution >= 4 is 32.6 Å². The molecular weight excluding hydrogens is 715 g/mol. The van der Waals surface area contributed by atoms with E-state index >= 15 is 0 Å². The molecule has 0 unspecified atom stereocenters. The zero-order valence-corrected chi connectivity index (χ0v) is 31.8. The summed E-state index contributed by atoms with van der Waals surface area (Å²) in [6.07, 6.45) is 0. The van der Waals surface area contributed by atoms with Crippen LogP contribution in [0.5, 0.6) is 0 Å². The van der Waals surface area contributed by atoms with Crippen molar-refractivity contribution < 1.29 is 6.85 Å². The van der Waals surface area contributed by atoms with Gasteiger partial charge in [-0.15, -0.1) is 0 Å². The third kappa shape index (κ3) is 6.26. The molecule has 0 saturated carbocycles. The molecule has 2 aromatic heterocycles. The molecular formula is C56H37N3. The Bertz CT molecular complexity index is 3580. The van der Waals surface area contributed by atoms with Gasteiger partial charge in [0.15, 0.2) is 5.82 Å². The third-order valence-electron chi connectivity index (χ3n) is 11.1. The second kappa shape index (κ2) is 14.6. The normalized spacial score (nSPS) is 12.6. The van der Waals surface area contributed by atoms with E-state index in [1.54, 1.807) is 4.57 Å². The molecule has 0 aliphatic rings. The minimum absolute atomic E-state index is 0.137. The largest absolute Gasteiger partial charge is 0.309 e. The molecule has 276 valence electrons. The second-order valence-corrected chi connectivity index (χ2v) is 14.6. The first kappa shape index (κ1) is 29.4. The van der Waals surface area contributed by atoms with Crippen molar-refractivity contribution in [2.24, 2.45) is 0 Å². The molecule has 59 heavy (non-hydrogen) atoms. The minimum atomic E-state index is -0.409. The average molecular weight is 757 g/mol. The Morgan fingerprint density at radius 2 is 0.881 bits per heavy atom. The van der Waals surface area contributed by atoms with Crippen LogP contribution in [-0.4, -0.2) is 14.5 Å². The molecule has 0 saturated heterocycles. The molecule has 0 aliphatic heterocycles. The minimum Gasteiger partial charge on any atom is -0.309 e. The molecule has 0 radical (unpaired) electrons. The van der Waals surface area contributed by atoms with Crippen molar-refractivity contribution in [1.82, 2.24) is 14.5 Å². The zero-order chi connectivity index (χ0) is 43.5. The van der Waals surface area contributed by atoms with Gasteiger partial charge in [-0.1, -0.05) is 182 Å². The van der Waals surface area contributed by atoms with E-state index in [2.05, 4.69) is 133 Å². The van der Waals surface area contributed by atoms with E-state index in [1.165, 1.54) is 0 Å². The molecule has 0 spiro atoms. The van der Waals surface area contributed by atoms with Crippen molar-refractivity contribution in [3.05, 3.63) is 224 Å². The predicted octanol–water partition coefficient (Wildman–Crippen LogP) is 14.7. The molecule has 0 N–H and O–H groups in total. The average Bonchev–Trinajstić information content (AvgIpc) is 3.68. The molecule has 0 fully saturated rings. The van der Waals surface area contributed by atoms with Crippen LogP contribution in [0, 0.1) is 0 Å². The maximum atomic E-state index is 8.75. The Morgan fingerprint density at radius 3 is 1.66 bits per heavy atom. The summed E-state index contributed by atoms with van der Waals surface area (Å²) in [5.41, 5.74) is 12.8. The summed E-state index contributed by atoms with van der Waals surface area (Å²) in [6, 6.07) is 64.9. The number of hydrogen-bond donors (Lipinski definition) is 0. The van der Waals surface area contributed by atoms with Gasteiger partial charge in [-0.2, -0.15) is 0 Å². The van der Waals surface area contributed by atoms with Gasteiger partial charge in [0.25, 0.3) is 0 Å². The van der Waals surface area contributed by atoms with E-state index in [-0.39, 0.29) is 29.9 Å². The highest BCUT2D eigenvalue weighted by atomic mass is 15.0. The lowest BCUT2D eigenvalue weighted by atomic mass is 9.92. The highest BCUT2D eigenvalue weighted by Gasteiger charge is 2.17. The van der Waals surface area contributed by atoms with Gasteiger partial charge >= 0.3 is 0 Å². The molecule has 3 heteroatoms. The van der Waals surface area contributed by atoms with Crippen LogP contribution in [0.4, 0.5) is 0 Å². The number of fused-ring (bicyclic) bond motifs is 4. The van der Waals surface area contributed by atoms with E-state index in [1.807, 2.05) is 60.7 Å². The van der Waals surface area contributed by atoms with Crippen molar-refractivity contribution in [1.29, 1.82) is 0 Å². The van der Waals surface area contributed by atoms with E-state index < -0.39 is 6.04 Å². The maximum absolute atomic E-state index is 8.75. The van der Waals surface area contributed by atoms with Gasteiger partial charge in [0.05, 0.1) is 29.3 Å². The summed E-state index contributed by atoms with van der Waals surface area (Å²) in [4.78, 5) is 10.3. The molecule has 0 bridgehead atoms. The third-order valence-corrected chi connectivity index (χ3v) is 11.1. The van der Waals surface area contributed by atoms with Crippen LogP contribution >= 0.6 is 0 Å². The van der Waals surface area contributed by atoms with Crippen LogP contribution in [0.3, 0.4) is 0 Å². The van der Waals surface area contributed by atoms with Crippen LogP contribution < -0.4 is 0 Å². The number of benzene rings is 9. The van der Waals surface area contributed by atoms with Gasteiger partial charge in [-0.05, 0) is 86.6 Å². The number of hydrogen-bond acceptors (Lipinski definition) is 2. The van der Waals surface area contributed by atoms with Crippen LogP contribution in [0.15, 0.2) is 224 Å². The van der Waals surface area contributed by atoms with Crippen molar-refractivity contribution in [2.45, 2.75) is 0 Å². The fourth-order valence-electron chi connectivity index (χ4n) is 8.30. The van der Waals surface area contributed by atoms with Crippen molar-refractivity contribution in [3.8, 4) is 73.0 Å². The fourth-order valence-corrected chi connectivity index (χ4v) is 8.30. The van der Waals surface area contributed by atoms with Crippen molar-refractivity contribution in [2.75, 3.05) is 0 Å². The Labute approximate surface area is 350 Å². The molecule has 2 heterocycles. The lowest BCUT2D eigenvalue weighted by Crippen LogP contribution is -1.97. The Kier molecular flexibility index (Phi) is 7.25. The summed E-state index contributed by atoms with van der Waals surface area (Å²) in [7, 11) is 0. The molecule has 0 aliphatic carbocycles. The molecule has 11 rings (SSSR count). The van der Waals surface area contributed by atoms with Crippen LogP contribution in [0.1, 0.15) is 6.85 Å². The zero-order valence-electron chi connectivity index (χ0n) is 36.8. The van der Waals surface area contributed by atoms with Gasteiger partial charge in [0.2, 0.25) is 0 Å². The van der Waals surface area contributed by atoms with Crippen LogP contribution in [0.25, 0.3) is 106 Å². The van der Waals surface area contributed by atoms with Crippen LogP contribution in [0.2, 0.25) is 0 Å². The Hall–Kier alpha value is -7.88. The number of aromatic nitrogens is 3. The highest BCUT2D eigenvalue weighted by molar-refractivity contribution is 6.10. The van der Waals surface area contributed by atoms with Gasteiger partial charge in [0, 0.05) is 33.2 Å². The number of para-hydroxylation sites is 2. The summed E-state index contributed by atoms with van der Waals surface area (Å²) in [5.74, 6) is 0.666. The summed E-state index contributed by atoms with van der Waals surface area (Å²) < 4.78 is 44.1. The first-order valence-corrected chi connectivity index (χ1v) is 19.7. The van der Waals surface area contributed by atoms with E-state index in [0.29, 0.717) is 5.82 Å². The number of nitrogens with zero attached hydrogens (tertiary/aromatic N) is 3. The van der Waals surface area contributed by atoms with E-state index in [9.17, 15) is 0 Å². The predicted molar refractivity (Wildman–Crippen MR) is 246 cm³/mol.